The van der Waals surface area contributed by atoms with Gasteiger partial charge in [0.2, 0.25) is 0 Å². The number of rotatable bonds is 1. The standard InChI is InChI=1S/C2H3F.Ni/c1-2-3;/h1H,2H2;. The summed E-state index contributed by atoms with van der Waals surface area (Å²) in [6, 6.07) is 0. The average Bonchev–Trinajstić information content (AvgIpc) is 1.37. The van der Waals surface area contributed by atoms with Gasteiger partial charge in [-0.3, -0.25) is 0 Å². The van der Waals surface area contributed by atoms with Crippen molar-refractivity contribution in [2.45, 2.75) is 0 Å². The van der Waals surface area contributed by atoms with Crippen LogP contribution in [0.1, 0.15) is 0 Å². The van der Waals surface area contributed by atoms with Crippen molar-refractivity contribution < 1.29 is 19.4 Å². The molecule has 0 spiro atoms. The van der Waals surface area contributed by atoms with Gasteiger partial charge < -0.3 is 0 Å². The Labute approximate surface area is 31.9 Å². The number of hydrogen-bond acceptors (Lipinski definition) is 0. The van der Waals surface area contributed by atoms with Crippen molar-refractivity contribution >= 4 is 4.99 Å². The van der Waals surface area contributed by atoms with Crippen molar-refractivity contribution in [2.75, 3.05) is 6.67 Å². The molecule has 0 saturated carbocycles. The number of hydrogen-bond donors (Lipinski definition) is 0. The molecule has 2 heteroatoms. The molecule has 0 bridgehead atoms. The molecule has 0 nitrogen and oxygen atoms in total. The summed E-state index contributed by atoms with van der Waals surface area (Å²) in [7, 11) is 0. The second kappa shape index (κ2) is 3.29. The Morgan fingerprint density at radius 2 is 2.25 bits per heavy atom. The van der Waals surface area contributed by atoms with Crippen molar-refractivity contribution in [1.29, 1.82) is 0 Å². The minimum absolute atomic E-state index is 0.472. The first kappa shape index (κ1) is 4.29. The second-order valence-electron chi connectivity index (χ2n) is 0.283. The molecule has 28 valence electrons. The molecule has 0 N–H and O–H groups in total. The number of alkyl halides is 1. The second-order valence-corrected chi connectivity index (χ2v) is 0.687. The van der Waals surface area contributed by atoms with E-state index in [9.17, 15) is 4.39 Å². The van der Waals surface area contributed by atoms with Crippen LogP contribution in [0.25, 0.3) is 0 Å². The molecule has 0 aromatic rings. The van der Waals surface area contributed by atoms with Crippen LogP contribution in [-0.4, -0.2) is 11.7 Å². The molecule has 0 atom stereocenters. The van der Waals surface area contributed by atoms with Crippen LogP contribution in [0, 0.1) is 0 Å². The first-order chi connectivity index (χ1) is 1.91. The summed E-state index contributed by atoms with van der Waals surface area (Å²) in [6.45, 7) is -0.472. The minimum atomic E-state index is -0.472. The molecule has 0 radical (unpaired) electrons. The summed E-state index contributed by atoms with van der Waals surface area (Å²) in [4.78, 5) is 1.08. The average molecular weight is 105 g/mol. The van der Waals surface area contributed by atoms with Gasteiger partial charge in [0.15, 0.2) is 0 Å². The van der Waals surface area contributed by atoms with Gasteiger partial charge in [-0.25, -0.2) is 0 Å². The van der Waals surface area contributed by atoms with E-state index in [0.29, 0.717) is 0 Å². The van der Waals surface area contributed by atoms with E-state index in [4.69, 9.17) is 0 Å². The summed E-state index contributed by atoms with van der Waals surface area (Å²) in [5.41, 5.74) is 0. The topological polar surface area (TPSA) is 0 Å². The Kier molecular flexibility index (Phi) is 3.54. The van der Waals surface area contributed by atoms with Gasteiger partial charge in [0, 0.05) is 0 Å². The molecule has 0 heterocycles. The molecule has 0 saturated heterocycles. The van der Waals surface area contributed by atoms with E-state index in [0.717, 1.165) is 4.99 Å². The molecule has 0 aromatic heterocycles. The predicted molar refractivity (Wildman–Crippen MR) is 12.0 cm³/mol. The Morgan fingerprint density at radius 3 is 2.25 bits per heavy atom. The van der Waals surface area contributed by atoms with Crippen LogP contribution < -0.4 is 0 Å². The first-order valence-electron chi connectivity index (χ1n) is 0.858. The maximum atomic E-state index is 10.6. The van der Waals surface area contributed by atoms with Crippen LogP contribution in [0.4, 0.5) is 4.39 Å². The van der Waals surface area contributed by atoms with Gasteiger partial charge in [-0.1, -0.05) is 0 Å². The van der Waals surface area contributed by atoms with Crippen LogP contribution in [-0.2, 0) is 15.0 Å². The summed E-state index contributed by atoms with van der Waals surface area (Å²) in [5, 5.41) is 0. The van der Waals surface area contributed by atoms with Gasteiger partial charge in [-0.15, -0.1) is 0 Å². The summed E-state index contributed by atoms with van der Waals surface area (Å²) in [5.74, 6) is 0. The van der Waals surface area contributed by atoms with Crippen LogP contribution in [0.2, 0.25) is 0 Å². The van der Waals surface area contributed by atoms with E-state index < -0.39 is 6.67 Å². The van der Waals surface area contributed by atoms with Crippen LogP contribution in [0.5, 0.6) is 0 Å². The van der Waals surface area contributed by atoms with Gasteiger partial charge >= 0.3 is 31.1 Å². The quantitative estimate of drug-likeness (QED) is 0.420. The first-order valence-corrected chi connectivity index (χ1v) is 1.43. The molecule has 0 unspecified atom stereocenters. The summed E-state index contributed by atoms with van der Waals surface area (Å²) < 4.78 is 10.6. The predicted octanol–water partition coefficient (Wildman–Crippen LogP) is 0.305. The molecule has 0 aliphatic carbocycles. The van der Waals surface area contributed by atoms with Crippen LogP contribution in [0.15, 0.2) is 0 Å². The van der Waals surface area contributed by atoms with E-state index in [1.165, 1.54) is 0 Å². The van der Waals surface area contributed by atoms with E-state index in [1.54, 1.807) is 0 Å². The van der Waals surface area contributed by atoms with Gasteiger partial charge in [0.1, 0.15) is 0 Å². The van der Waals surface area contributed by atoms with E-state index in [1.807, 2.05) is 0 Å². The zero-order valence-electron chi connectivity index (χ0n) is 1.98. The molecule has 4 heavy (non-hydrogen) atoms. The van der Waals surface area contributed by atoms with Gasteiger partial charge in [-0.05, 0) is 0 Å². The zero-order chi connectivity index (χ0) is 3.41. The van der Waals surface area contributed by atoms with Crippen LogP contribution in [0.3, 0.4) is 0 Å². The number of halogens is 1. The Hall–Kier alpha value is 0.294. The Bertz CT molecular complexity index is 20.0. The Balaban J connectivity index is 2.30. The Morgan fingerprint density at radius 1 is 2.00 bits per heavy atom. The normalized spacial score (nSPS) is 6.75. The summed E-state index contributed by atoms with van der Waals surface area (Å²) >= 11 is 3.82. The molecular weight excluding hydrogens is 102 g/mol. The van der Waals surface area contributed by atoms with Crippen molar-refractivity contribution in [3.63, 3.8) is 0 Å². The van der Waals surface area contributed by atoms with Gasteiger partial charge in [0.25, 0.3) is 0 Å². The fourth-order valence-corrected chi connectivity index (χ4v) is 0. The molecule has 0 aliphatic heterocycles. The van der Waals surface area contributed by atoms with Crippen molar-refractivity contribution in [2.24, 2.45) is 0 Å². The third kappa shape index (κ3) is 2.29. The van der Waals surface area contributed by atoms with E-state index in [2.05, 4.69) is 15.0 Å². The van der Waals surface area contributed by atoms with Crippen molar-refractivity contribution in [1.82, 2.24) is 0 Å². The monoisotopic (exact) mass is 104 g/mol. The molecule has 0 aliphatic rings. The fraction of sp³-hybridized carbons (Fsp3) is 0.500. The molecule has 0 fully saturated rings. The SMILES string of the molecule is FC[CH]=[Ni]. The maximum absolute atomic E-state index is 10.6. The summed E-state index contributed by atoms with van der Waals surface area (Å²) in [6.07, 6.45) is 0. The fourth-order valence-electron chi connectivity index (χ4n) is 0. The molecule has 0 rings (SSSR count). The third-order valence-corrected chi connectivity index (χ3v) is 0.201. The zero-order valence-corrected chi connectivity index (χ0v) is 2.97. The molecule has 0 aromatic carbocycles. The molecular formula is C2H3FNi. The van der Waals surface area contributed by atoms with E-state index >= 15 is 0 Å². The van der Waals surface area contributed by atoms with E-state index in [-0.39, 0.29) is 0 Å². The molecule has 0 amide bonds. The van der Waals surface area contributed by atoms with Crippen molar-refractivity contribution in [3.8, 4) is 0 Å². The van der Waals surface area contributed by atoms with Gasteiger partial charge in [0.05, 0.1) is 0 Å². The third-order valence-electron chi connectivity index (χ3n) is 0.0488. The van der Waals surface area contributed by atoms with Crippen LogP contribution >= 0.6 is 0 Å². The van der Waals surface area contributed by atoms with Gasteiger partial charge in [-0.2, -0.15) is 0 Å². The van der Waals surface area contributed by atoms with Crippen molar-refractivity contribution in [3.05, 3.63) is 0 Å².